The molecule has 2 rings (SSSR count). The first-order valence-corrected chi connectivity index (χ1v) is 6.94. The lowest BCUT2D eigenvalue weighted by atomic mass is 10.2. The lowest BCUT2D eigenvalue weighted by Crippen LogP contribution is -2.31. The second kappa shape index (κ2) is 6.81. The smallest absolute Gasteiger partial charge is 0.331 e. The Morgan fingerprint density at radius 3 is 2.52 bits per heavy atom. The van der Waals surface area contributed by atoms with Gasteiger partial charge in [-0.15, -0.1) is 11.3 Å². The van der Waals surface area contributed by atoms with Crippen molar-refractivity contribution in [1.82, 2.24) is 5.32 Å². The van der Waals surface area contributed by atoms with E-state index in [0.717, 1.165) is 0 Å². The number of aliphatic carboxylic acids is 1. The van der Waals surface area contributed by atoms with Gasteiger partial charge in [-0.2, -0.15) is 0 Å². The van der Waals surface area contributed by atoms with Gasteiger partial charge in [0, 0.05) is 11.0 Å². The van der Waals surface area contributed by atoms with Gasteiger partial charge in [-0.05, 0) is 35.2 Å². The fraction of sp³-hybridized carbons (Fsp3) is 0.0667. The molecule has 0 bridgehead atoms. The lowest BCUT2D eigenvalue weighted by Gasteiger charge is -2.11. The second-order valence-corrected chi connectivity index (χ2v) is 5.16. The molecule has 2 aromatic rings. The number of hydrogen-bond acceptors (Lipinski definition) is 3. The molecule has 6 heteroatoms. The quantitative estimate of drug-likeness (QED) is 0.835. The normalized spacial score (nSPS) is 12.2. The summed E-state index contributed by atoms with van der Waals surface area (Å²) in [6.07, 6.45) is 2.71. The molecule has 1 unspecified atom stereocenters. The first-order valence-electron chi connectivity index (χ1n) is 6.06. The van der Waals surface area contributed by atoms with Crippen LogP contribution in [0, 0.1) is 5.82 Å². The van der Waals surface area contributed by atoms with Crippen LogP contribution < -0.4 is 5.32 Å². The minimum atomic E-state index is -1.12. The molecule has 0 saturated heterocycles. The van der Waals surface area contributed by atoms with Gasteiger partial charge >= 0.3 is 5.97 Å². The van der Waals surface area contributed by atoms with E-state index in [1.165, 1.54) is 47.8 Å². The van der Waals surface area contributed by atoms with E-state index in [9.17, 15) is 14.0 Å². The van der Waals surface area contributed by atoms with Gasteiger partial charge < -0.3 is 10.4 Å². The molecule has 2 N–H and O–H groups in total. The molecule has 0 saturated carbocycles. The number of thiophene rings is 1. The van der Waals surface area contributed by atoms with Gasteiger partial charge in [0.15, 0.2) is 6.04 Å². The van der Waals surface area contributed by atoms with Gasteiger partial charge in [0.2, 0.25) is 5.91 Å². The van der Waals surface area contributed by atoms with Crippen LogP contribution in [0.4, 0.5) is 4.39 Å². The molecule has 1 atom stereocenters. The molecule has 1 aromatic heterocycles. The van der Waals surface area contributed by atoms with Crippen LogP contribution in [0.3, 0.4) is 0 Å². The predicted octanol–water partition coefficient (Wildman–Crippen LogP) is 2.84. The Hall–Kier alpha value is -2.47. The van der Waals surface area contributed by atoms with E-state index in [1.54, 1.807) is 17.5 Å². The second-order valence-electron chi connectivity index (χ2n) is 4.18. The number of amides is 1. The third-order valence-electron chi connectivity index (χ3n) is 2.66. The van der Waals surface area contributed by atoms with Gasteiger partial charge in [-0.3, -0.25) is 4.79 Å². The van der Waals surface area contributed by atoms with E-state index in [-0.39, 0.29) is 5.82 Å². The first-order chi connectivity index (χ1) is 10.1. The van der Waals surface area contributed by atoms with Crippen molar-refractivity contribution in [3.05, 3.63) is 64.1 Å². The standard InChI is InChI=1S/C15H12FNO3S/c16-11-6-3-10(4-7-11)5-8-13(18)17-14(15(19)20)12-2-1-9-21-12/h1-9,14H,(H,17,18)(H,19,20)/b8-5+. The minimum absolute atomic E-state index is 0.361. The molecule has 0 aliphatic carbocycles. The zero-order valence-corrected chi connectivity index (χ0v) is 11.6. The van der Waals surface area contributed by atoms with Crippen molar-refractivity contribution in [3.63, 3.8) is 0 Å². The molecule has 4 nitrogen and oxygen atoms in total. The monoisotopic (exact) mass is 305 g/mol. The number of nitrogens with one attached hydrogen (secondary N) is 1. The largest absolute Gasteiger partial charge is 0.479 e. The minimum Gasteiger partial charge on any atom is -0.479 e. The Bertz CT molecular complexity index is 650. The summed E-state index contributed by atoms with van der Waals surface area (Å²) in [6.45, 7) is 0. The number of halogens is 1. The van der Waals surface area contributed by atoms with Crippen LogP contribution in [-0.2, 0) is 9.59 Å². The number of benzene rings is 1. The van der Waals surface area contributed by atoms with Crippen molar-refractivity contribution in [3.8, 4) is 0 Å². The van der Waals surface area contributed by atoms with Crippen LogP contribution in [0.2, 0.25) is 0 Å². The van der Waals surface area contributed by atoms with Crippen LogP contribution in [0.25, 0.3) is 6.08 Å². The molecule has 0 aliphatic rings. The van der Waals surface area contributed by atoms with E-state index in [1.807, 2.05) is 0 Å². The molecule has 1 amide bonds. The van der Waals surface area contributed by atoms with Crippen LogP contribution >= 0.6 is 11.3 Å². The van der Waals surface area contributed by atoms with Gasteiger partial charge in [-0.25, -0.2) is 9.18 Å². The summed E-state index contributed by atoms with van der Waals surface area (Å²) >= 11 is 1.26. The molecular formula is C15H12FNO3S. The third kappa shape index (κ3) is 4.25. The Morgan fingerprint density at radius 1 is 1.24 bits per heavy atom. The summed E-state index contributed by atoms with van der Waals surface area (Å²) in [7, 11) is 0. The van der Waals surface area contributed by atoms with Crippen LogP contribution in [-0.4, -0.2) is 17.0 Å². The van der Waals surface area contributed by atoms with Crippen molar-refractivity contribution in [2.45, 2.75) is 6.04 Å². The molecule has 108 valence electrons. The van der Waals surface area contributed by atoms with Crippen LogP contribution in [0.1, 0.15) is 16.5 Å². The van der Waals surface area contributed by atoms with Gasteiger partial charge in [0.1, 0.15) is 5.82 Å². The number of rotatable bonds is 5. The predicted molar refractivity (Wildman–Crippen MR) is 78.3 cm³/mol. The highest BCUT2D eigenvalue weighted by atomic mass is 32.1. The van der Waals surface area contributed by atoms with Crippen molar-refractivity contribution < 1.29 is 19.1 Å². The summed E-state index contributed by atoms with van der Waals surface area (Å²) in [5.41, 5.74) is 0.648. The Labute approximate surface area is 124 Å². The highest BCUT2D eigenvalue weighted by Gasteiger charge is 2.21. The average Bonchev–Trinajstić information content (AvgIpc) is 2.97. The average molecular weight is 305 g/mol. The molecule has 1 heterocycles. The highest BCUT2D eigenvalue weighted by molar-refractivity contribution is 7.10. The lowest BCUT2D eigenvalue weighted by molar-refractivity contribution is -0.141. The van der Waals surface area contributed by atoms with Crippen LogP contribution in [0.5, 0.6) is 0 Å². The summed E-state index contributed by atoms with van der Waals surface area (Å²) in [4.78, 5) is 23.5. The van der Waals surface area contributed by atoms with Crippen molar-refractivity contribution in [2.75, 3.05) is 0 Å². The topological polar surface area (TPSA) is 66.4 Å². The van der Waals surface area contributed by atoms with Crippen LogP contribution in [0.15, 0.2) is 47.9 Å². The van der Waals surface area contributed by atoms with Crippen molar-refractivity contribution in [2.24, 2.45) is 0 Å². The summed E-state index contributed by atoms with van der Waals surface area (Å²) in [5, 5.41) is 13.3. The summed E-state index contributed by atoms with van der Waals surface area (Å²) in [5.74, 6) is -2.01. The fourth-order valence-electron chi connectivity index (χ4n) is 1.65. The van der Waals surface area contributed by atoms with E-state index >= 15 is 0 Å². The number of carbonyl (C=O) groups is 2. The van der Waals surface area contributed by atoms with Crippen molar-refractivity contribution >= 4 is 29.3 Å². The Balaban J connectivity index is 2.03. The molecule has 21 heavy (non-hydrogen) atoms. The SMILES string of the molecule is O=C(/C=C/c1ccc(F)cc1)NC(C(=O)O)c1cccs1. The van der Waals surface area contributed by atoms with E-state index in [4.69, 9.17) is 5.11 Å². The Morgan fingerprint density at radius 2 is 1.95 bits per heavy atom. The number of carboxylic acids is 1. The number of carbonyl (C=O) groups excluding carboxylic acids is 1. The molecule has 1 aromatic carbocycles. The maximum absolute atomic E-state index is 12.7. The number of hydrogen-bond donors (Lipinski definition) is 2. The van der Waals surface area contributed by atoms with E-state index in [2.05, 4.69) is 5.32 Å². The van der Waals surface area contributed by atoms with Gasteiger partial charge in [-0.1, -0.05) is 18.2 Å². The van der Waals surface area contributed by atoms with Crippen molar-refractivity contribution in [1.29, 1.82) is 0 Å². The maximum Gasteiger partial charge on any atom is 0.331 e. The van der Waals surface area contributed by atoms with E-state index < -0.39 is 17.9 Å². The molecule has 0 spiro atoms. The van der Waals surface area contributed by atoms with E-state index in [0.29, 0.717) is 10.4 Å². The highest BCUT2D eigenvalue weighted by Crippen LogP contribution is 2.19. The first kappa shape index (κ1) is 14.9. The van der Waals surface area contributed by atoms with Gasteiger partial charge in [0.05, 0.1) is 0 Å². The molecule has 0 fully saturated rings. The third-order valence-corrected chi connectivity index (χ3v) is 3.60. The molecular weight excluding hydrogens is 293 g/mol. The summed E-state index contributed by atoms with van der Waals surface area (Å²) in [6, 6.07) is 7.90. The molecule has 0 aliphatic heterocycles. The molecule has 0 radical (unpaired) electrons. The number of carboxylic acid groups (broad SMARTS) is 1. The summed E-state index contributed by atoms with van der Waals surface area (Å²) < 4.78 is 12.7. The zero-order valence-electron chi connectivity index (χ0n) is 10.8. The Kier molecular flexibility index (Phi) is 4.84. The maximum atomic E-state index is 12.7. The fourth-order valence-corrected chi connectivity index (χ4v) is 2.41. The van der Waals surface area contributed by atoms with Gasteiger partial charge in [0.25, 0.3) is 0 Å². The zero-order chi connectivity index (χ0) is 15.2.